The van der Waals surface area contributed by atoms with Crippen LogP contribution in [0.5, 0.6) is 0 Å². The Morgan fingerprint density at radius 1 is 1.19 bits per heavy atom. The lowest BCUT2D eigenvalue weighted by atomic mass is 9.80. The molecule has 0 amide bonds. The number of carboxylic acids is 1. The van der Waals surface area contributed by atoms with Crippen LogP contribution >= 0.6 is 0 Å². The van der Waals surface area contributed by atoms with E-state index in [0.29, 0.717) is 18.8 Å². The first-order valence-corrected chi connectivity index (χ1v) is 8.51. The maximum atomic E-state index is 11.0. The van der Waals surface area contributed by atoms with E-state index in [4.69, 9.17) is 5.11 Å². The Kier molecular flexibility index (Phi) is 4.12. The highest BCUT2D eigenvalue weighted by atomic mass is 16.4. The van der Waals surface area contributed by atoms with Gasteiger partial charge in [0, 0.05) is 29.8 Å². The van der Waals surface area contributed by atoms with Crippen molar-refractivity contribution in [1.29, 1.82) is 0 Å². The minimum absolute atomic E-state index is 0.171. The number of carbonyl (C=O) groups is 1. The summed E-state index contributed by atoms with van der Waals surface area (Å²) in [6, 6.07) is 8.11. The molecule has 1 saturated carbocycles. The summed E-state index contributed by atoms with van der Waals surface area (Å²) in [5.74, 6) is -0.409. The van der Waals surface area contributed by atoms with Gasteiger partial charge in [-0.3, -0.25) is 9.48 Å². The van der Waals surface area contributed by atoms with Gasteiger partial charge in [0.05, 0.1) is 18.2 Å². The average Bonchev–Trinajstić information content (AvgIpc) is 3.03. The number of nitrogens with one attached hydrogen (secondary N) is 1. The van der Waals surface area contributed by atoms with E-state index < -0.39 is 5.97 Å². The second-order valence-corrected chi connectivity index (χ2v) is 6.65. The highest BCUT2D eigenvalue weighted by molar-refractivity contribution is 5.71. The number of aromatic nitrogens is 4. The Bertz CT molecular complexity index is 932. The van der Waals surface area contributed by atoms with E-state index in [1.54, 1.807) is 18.5 Å². The third-order valence-electron chi connectivity index (χ3n) is 4.67. The van der Waals surface area contributed by atoms with E-state index in [0.717, 1.165) is 22.4 Å². The first-order chi connectivity index (χ1) is 12.6. The Labute approximate surface area is 150 Å². The average molecular weight is 349 g/mol. The van der Waals surface area contributed by atoms with Gasteiger partial charge < -0.3 is 10.4 Å². The highest BCUT2D eigenvalue weighted by Gasteiger charge is 2.36. The van der Waals surface area contributed by atoms with E-state index >= 15 is 0 Å². The van der Waals surface area contributed by atoms with Gasteiger partial charge in [-0.25, -0.2) is 9.97 Å². The molecule has 3 aromatic rings. The Hall–Kier alpha value is -3.22. The smallest absolute Gasteiger partial charge is 0.306 e. The lowest BCUT2D eigenvalue weighted by molar-refractivity contribution is -0.146. The molecule has 2 aromatic heterocycles. The normalized spacial score (nSPS) is 19.0. The van der Waals surface area contributed by atoms with Gasteiger partial charge in [0.1, 0.15) is 0 Å². The maximum Gasteiger partial charge on any atom is 0.306 e. The van der Waals surface area contributed by atoms with Gasteiger partial charge in [0.15, 0.2) is 0 Å². The molecule has 7 nitrogen and oxygen atoms in total. The van der Waals surface area contributed by atoms with Crippen LogP contribution in [0.2, 0.25) is 0 Å². The first kappa shape index (κ1) is 16.3. The topological polar surface area (TPSA) is 92.9 Å². The highest BCUT2D eigenvalue weighted by Crippen LogP contribution is 2.38. The van der Waals surface area contributed by atoms with E-state index in [2.05, 4.69) is 26.4 Å². The van der Waals surface area contributed by atoms with Gasteiger partial charge in [-0.2, -0.15) is 5.10 Å². The molecule has 0 saturated heterocycles. The molecule has 0 aliphatic heterocycles. The standard InChI is InChI=1S/C19H19N5O2/c1-12-5-13(7-16(6-12)23-19-20-3-2-4-21-19)15-10-22-24(11-15)17-8-14(9-17)18(25)26/h2-7,10-11,14,17H,8-9H2,1H3,(H,25,26)(H,20,21,23). The van der Waals surface area contributed by atoms with Crippen molar-refractivity contribution < 1.29 is 9.90 Å². The zero-order valence-corrected chi connectivity index (χ0v) is 14.3. The van der Waals surface area contributed by atoms with E-state index in [1.165, 1.54) is 0 Å². The quantitative estimate of drug-likeness (QED) is 0.733. The van der Waals surface area contributed by atoms with Crippen LogP contribution in [0, 0.1) is 12.8 Å². The van der Waals surface area contributed by atoms with Gasteiger partial charge in [-0.05, 0) is 49.1 Å². The van der Waals surface area contributed by atoms with Gasteiger partial charge in [-0.15, -0.1) is 0 Å². The van der Waals surface area contributed by atoms with Crippen LogP contribution in [0.4, 0.5) is 11.6 Å². The van der Waals surface area contributed by atoms with Crippen LogP contribution in [-0.4, -0.2) is 30.8 Å². The van der Waals surface area contributed by atoms with Crippen molar-refractivity contribution in [3.8, 4) is 11.1 Å². The van der Waals surface area contributed by atoms with Crippen molar-refractivity contribution in [2.75, 3.05) is 5.32 Å². The first-order valence-electron chi connectivity index (χ1n) is 8.51. The van der Waals surface area contributed by atoms with Gasteiger partial charge in [-0.1, -0.05) is 6.07 Å². The van der Waals surface area contributed by atoms with Crippen LogP contribution in [0.1, 0.15) is 24.4 Å². The summed E-state index contributed by atoms with van der Waals surface area (Å²) in [5.41, 5.74) is 4.07. The molecule has 1 fully saturated rings. The van der Waals surface area contributed by atoms with Gasteiger partial charge in [0.25, 0.3) is 0 Å². The fourth-order valence-corrected chi connectivity index (χ4v) is 3.21. The molecule has 0 bridgehead atoms. The molecule has 2 heterocycles. The molecule has 7 heteroatoms. The monoisotopic (exact) mass is 349 g/mol. The second kappa shape index (κ2) is 6.59. The minimum Gasteiger partial charge on any atom is -0.481 e. The number of aryl methyl sites for hydroxylation is 1. The number of hydrogen-bond donors (Lipinski definition) is 2. The minimum atomic E-state index is -0.717. The third kappa shape index (κ3) is 3.28. The van der Waals surface area contributed by atoms with Crippen molar-refractivity contribution in [3.63, 3.8) is 0 Å². The lowest BCUT2D eigenvalue weighted by Gasteiger charge is -2.32. The zero-order valence-electron chi connectivity index (χ0n) is 14.3. The Morgan fingerprint density at radius 3 is 2.69 bits per heavy atom. The molecule has 0 atom stereocenters. The van der Waals surface area contributed by atoms with E-state index in [9.17, 15) is 4.79 Å². The van der Waals surface area contributed by atoms with Crippen molar-refractivity contribution >= 4 is 17.6 Å². The van der Waals surface area contributed by atoms with Crippen molar-refractivity contribution in [3.05, 3.63) is 54.6 Å². The molecule has 132 valence electrons. The molecule has 1 aromatic carbocycles. The summed E-state index contributed by atoms with van der Waals surface area (Å²) < 4.78 is 1.88. The van der Waals surface area contributed by atoms with Gasteiger partial charge >= 0.3 is 5.97 Å². The molecular weight excluding hydrogens is 330 g/mol. The van der Waals surface area contributed by atoms with Gasteiger partial charge in [0.2, 0.25) is 5.95 Å². The summed E-state index contributed by atoms with van der Waals surface area (Å²) in [7, 11) is 0. The molecule has 26 heavy (non-hydrogen) atoms. The summed E-state index contributed by atoms with van der Waals surface area (Å²) in [5, 5.41) is 16.7. The van der Waals surface area contributed by atoms with Crippen LogP contribution in [-0.2, 0) is 4.79 Å². The number of rotatable bonds is 5. The zero-order chi connectivity index (χ0) is 18.1. The number of benzene rings is 1. The molecule has 1 aliphatic rings. The Morgan fingerprint density at radius 2 is 1.96 bits per heavy atom. The number of aliphatic carboxylic acids is 1. The summed E-state index contributed by atoms with van der Waals surface area (Å²) in [4.78, 5) is 19.3. The van der Waals surface area contributed by atoms with Crippen LogP contribution in [0.25, 0.3) is 11.1 Å². The van der Waals surface area contributed by atoms with E-state index in [-0.39, 0.29) is 12.0 Å². The van der Waals surface area contributed by atoms with Crippen molar-refractivity contribution in [2.24, 2.45) is 5.92 Å². The van der Waals surface area contributed by atoms with Crippen LogP contribution in [0.3, 0.4) is 0 Å². The largest absolute Gasteiger partial charge is 0.481 e. The summed E-state index contributed by atoms with van der Waals surface area (Å²) >= 11 is 0. The van der Waals surface area contributed by atoms with Crippen LogP contribution in [0.15, 0.2) is 49.1 Å². The molecule has 0 spiro atoms. The SMILES string of the molecule is Cc1cc(Nc2ncccn2)cc(-c2cnn(C3CC(C(=O)O)C3)c2)c1. The van der Waals surface area contributed by atoms with E-state index in [1.807, 2.05) is 36.1 Å². The van der Waals surface area contributed by atoms with Crippen molar-refractivity contribution in [2.45, 2.75) is 25.8 Å². The molecule has 2 N–H and O–H groups in total. The fraction of sp³-hybridized carbons (Fsp3) is 0.263. The molecule has 0 radical (unpaired) electrons. The second-order valence-electron chi connectivity index (χ2n) is 6.65. The third-order valence-corrected chi connectivity index (χ3v) is 4.67. The number of anilines is 2. The number of nitrogens with zero attached hydrogens (tertiary/aromatic N) is 4. The predicted octanol–water partition coefficient (Wildman–Crippen LogP) is 3.43. The molecule has 1 aliphatic carbocycles. The molecule has 4 rings (SSSR count). The molecular formula is C19H19N5O2. The number of hydrogen-bond acceptors (Lipinski definition) is 5. The summed E-state index contributed by atoms with van der Waals surface area (Å²) in [6.45, 7) is 2.04. The fourth-order valence-electron chi connectivity index (χ4n) is 3.21. The Balaban J connectivity index is 1.54. The lowest BCUT2D eigenvalue weighted by Crippen LogP contribution is -2.32. The predicted molar refractivity (Wildman–Crippen MR) is 97.1 cm³/mol. The summed E-state index contributed by atoms with van der Waals surface area (Å²) in [6.07, 6.45) is 8.48. The van der Waals surface area contributed by atoms with Crippen LogP contribution < -0.4 is 5.32 Å². The molecule has 0 unspecified atom stereocenters. The number of carboxylic acid groups (broad SMARTS) is 1. The van der Waals surface area contributed by atoms with Crippen molar-refractivity contribution in [1.82, 2.24) is 19.7 Å². The maximum absolute atomic E-state index is 11.0.